The highest BCUT2D eigenvalue weighted by Gasteiger charge is 2.07. The van der Waals surface area contributed by atoms with Crippen molar-refractivity contribution in [3.63, 3.8) is 0 Å². The van der Waals surface area contributed by atoms with Crippen LogP contribution in [-0.2, 0) is 17.8 Å². The van der Waals surface area contributed by atoms with Crippen LogP contribution in [0.1, 0.15) is 16.7 Å². The summed E-state index contributed by atoms with van der Waals surface area (Å²) in [5.41, 5.74) is 0. The fourth-order valence-corrected chi connectivity index (χ4v) is 2.56. The number of hydrogen-bond acceptors (Lipinski definition) is 3. The van der Waals surface area contributed by atoms with E-state index in [1.807, 2.05) is 12.1 Å². The molecule has 21 heavy (non-hydrogen) atoms. The van der Waals surface area contributed by atoms with Gasteiger partial charge in [-0.3, -0.25) is 4.79 Å². The largest absolute Gasteiger partial charge is 0.484 e. The summed E-state index contributed by atoms with van der Waals surface area (Å²) in [6, 6.07) is 7.15. The molecule has 0 fully saturated rings. The fraction of sp³-hybridized carbons (Fsp3) is 0.267. The number of hydrogen-bond donors (Lipinski definition) is 1. The summed E-state index contributed by atoms with van der Waals surface area (Å²) in [5.74, 6) is -2.14. The Balaban J connectivity index is 1.77. The molecule has 3 nitrogen and oxygen atoms in total. The molecular weight excluding hydrogens is 296 g/mol. The average molecular weight is 311 g/mol. The summed E-state index contributed by atoms with van der Waals surface area (Å²) in [7, 11) is 0. The van der Waals surface area contributed by atoms with Crippen LogP contribution in [0, 0.1) is 11.6 Å². The quantitative estimate of drug-likeness (QED) is 0.889. The topological polar surface area (TPSA) is 38.3 Å². The van der Waals surface area contributed by atoms with Crippen molar-refractivity contribution < 1.29 is 18.3 Å². The van der Waals surface area contributed by atoms with Gasteiger partial charge in [0.25, 0.3) is 5.91 Å². The molecule has 1 amide bonds. The molecule has 2 aromatic rings. The van der Waals surface area contributed by atoms with Gasteiger partial charge >= 0.3 is 0 Å². The van der Waals surface area contributed by atoms with Gasteiger partial charge in [-0.25, -0.2) is 8.78 Å². The highest BCUT2D eigenvalue weighted by molar-refractivity contribution is 7.11. The SMILES string of the molecule is CCc1ccc(CNC(=O)COc2ccc(F)c(F)c2)s1. The minimum Gasteiger partial charge on any atom is -0.484 e. The van der Waals surface area contributed by atoms with Crippen LogP contribution in [-0.4, -0.2) is 12.5 Å². The molecule has 1 heterocycles. The van der Waals surface area contributed by atoms with Gasteiger partial charge in [-0.05, 0) is 30.7 Å². The predicted molar refractivity (Wildman–Crippen MR) is 77.4 cm³/mol. The van der Waals surface area contributed by atoms with E-state index in [0.717, 1.165) is 23.4 Å². The molecule has 0 saturated heterocycles. The molecule has 6 heteroatoms. The summed E-state index contributed by atoms with van der Waals surface area (Å²) >= 11 is 1.65. The van der Waals surface area contributed by atoms with Crippen molar-refractivity contribution in [3.05, 3.63) is 51.7 Å². The molecule has 1 N–H and O–H groups in total. The van der Waals surface area contributed by atoms with Crippen LogP contribution < -0.4 is 10.1 Å². The Morgan fingerprint density at radius 3 is 2.62 bits per heavy atom. The first-order valence-corrected chi connectivity index (χ1v) is 7.32. The third kappa shape index (κ3) is 4.53. The predicted octanol–water partition coefficient (Wildman–Crippen LogP) is 3.28. The molecule has 0 atom stereocenters. The van der Waals surface area contributed by atoms with Crippen LogP contribution >= 0.6 is 11.3 Å². The summed E-state index contributed by atoms with van der Waals surface area (Å²) in [6.45, 7) is 2.27. The van der Waals surface area contributed by atoms with Gasteiger partial charge in [0.05, 0.1) is 6.54 Å². The first-order chi connectivity index (χ1) is 10.1. The Morgan fingerprint density at radius 2 is 1.95 bits per heavy atom. The highest BCUT2D eigenvalue weighted by atomic mass is 32.1. The Labute approximate surface area is 125 Å². The number of thiophene rings is 1. The Hall–Kier alpha value is -1.95. The van der Waals surface area contributed by atoms with E-state index in [4.69, 9.17) is 4.74 Å². The van der Waals surface area contributed by atoms with Crippen molar-refractivity contribution in [1.82, 2.24) is 5.32 Å². The molecule has 112 valence electrons. The summed E-state index contributed by atoms with van der Waals surface area (Å²) in [4.78, 5) is 13.9. The Bertz CT molecular complexity index is 628. The fourth-order valence-electron chi connectivity index (χ4n) is 1.66. The Morgan fingerprint density at radius 1 is 1.19 bits per heavy atom. The molecule has 0 saturated carbocycles. The summed E-state index contributed by atoms with van der Waals surface area (Å²) in [6.07, 6.45) is 0.970. The number of ether oxygens (including phenoxy) is 1. The number of aryl methyl sites for hydroxylation is 1. The van der Waals surface area contributed by atoms with Gasteiger partial charge < -0.3 is 10.1 Å². The van der Waals surface area contributed by atoms with Crippen molar-refractivity contribution in [3.8, 4) is 5.75 Å². The molecule has 0 spiro atoms. The second kappa shape index (κ2) is 7.17. The normalized spacial score (nSPS) is 10.4. The standard InChI is InChI=1S/C15H15F2NO2S/c1-2-11-4-5-12(21-11)8-18-15(19)9-20-10-3-6-13(16)14(17)7-10/h3-7H,2,8-9H2,1H3,(H,18,19). The zero-order chi connectivity index (χ0) is 15.2. The smallest absolute Gasteiger partial charge is 0.258 e. The summed E-state index contributed by atoms with van der Waals surface area (Å²) < 4.78 is 30.8. The maximum atomic E-state index is 13.0. The zero-order valence-electron chi connectivity index (χ0n) is 11.5. The second-order valence-corrected chi connectivity index (χ2v) is 5.62. The number of benzene rings is 1. The maximum Gasteiger partial charge on any atom is 0.258 e. The van der Waals surface area contributed by atoms with E-state index < -0.39 is 11.6 Å². The number of nitrogens with one attached hydrogen (secondary N) is 1. The molecule has 0 aliphatic carbocycles. The van der Waals surface area contributed by atoms with Crippen LogP contribution in [0.15, 0.2) is 30.3 Å². The van der Waals surface area contributed by atoms with Crippen molar-refractivity contribution in [2.45, 2.75) is 19.9 Å². The molecule has 2 rings (SSSR count). The van der Waals surface area contributed by atoms with Gasteiger partial charge in [0.1, 0.15) is 5.75 Å². The lowest BCUT2D eigenvalue weighted by atomic mass is 10.3. The molecule has 1 aromatic carbocycles. The first kappa shape index (κ1) is 15.4. The molecule has 1 aromatic heterocycles. The van der Waals surface area contributed by atoms with Gasteiger partial charge in [-0.15, -0.1) is 11.3 Å². The monoisotopic (exact) mass is 311 g/mol. The number of amides is 1. The number of rotatable bonds is 6. The lowest BCUT2D eigenvalue weighted by Gasteiger charge is -2.07. The Kier molecular flexibility index (Phi) is 5.27. The average Bonchev–Trinajstić information content (AvgIpc) is 2.94. The first-order valence-electron chi connectivity index (χ1n) is 6.50. The van der Waals surface area contributed by atoms with Crippen molar-refractivity contribution in [2.75, 3.05) is 6.61 Å². The van der Waals surface area contributed by atoms with Gasteiger partial charge in [0, 0.05) is 15.8 Å². The van der Waals surface area contributed by atoms with Crippen LogP contribution in [0.5, 0.6) is 5.75 Å². The molecule has 0 unspecified atom stereocenters. The lowest BCUT2D eigenvalue weighted by molar-refractivity contribution is -0.123. The summed E-state index contributed by atoms with van der Waals surface area (Å²) in [5, 5.41) is 2.71. The van der Waals surface area contributed by atoms with E-state index in [0.29, 0.717) is 6.54 Å². The van der Waals surface area contributed by atoms with Crippen molar-refractivity contribution in [2.24, 2.45) is 0 Å². The van der Waals surface area contributed by atoms with Crippen LogP contribution in [0.2, 0.25) is 0 Å². The van der Waals surface area contributed by atoms with Gasteiger partial charge in [-0.1, -0.05) is 6.92 Å². The molecule has 0 radical (unpaired) electrons. The highest BCUT2D eigenvalue weighted by Crippen LogP contribution is 2.17. The molecule has 0 aliphatic heterocycles. The van der Waals surface area contributed by atoms with Crippen LogP contribution in [0.4, 0.5) is 8.78 Å². The van der Waals surface area contributed by atoms with Crippen molar-refractivity contribution >= 4 is 17.2 Å². The molecule has 0 bridgehead atoms. The lowest BCUT2D eigenvalue weighted by Crippen LogP contribution is -2.28. The van der Waals surface area contributed by atoms with E-state index in [1.54, 1.807) is 11.3 Å². The van der Waals surface area contributed by atoms with E-state index >= 15 is 0 Å². The zero-order valence-corrected chi connectivity index (χ0v) is 12.3. The number of halogens is 2. The third-order valence-electron chi connectivity index (χ3n) is 2.79. The van der Waals surface area contributed by atoms with Crippen molar-refractivity contribution in [1.29, 1.82) is 0 Å². The van der Waals surface area contributed by atoms with E-state index in [1.165, 1.54) is 10.9 Å². The minimum absolute atomic E-state index is 0.119. The van der Waals surface area contributed by atoms with E-state index in [-0.39, 0.29) is 18.3 Å². The van der Waals surface area contributed by atoms with Gasteiger partial charge in [-0.2, -0.15) is 0 Å². The number of carbonyl (C=O) groups excluding carboxylic acids is 1. The van der Waals surface area contributed by atoms with E-state index in [9.17, 15) is 13.6 Å². The number of carbonyl (C=O) groups is 1. The van der Waals surface area contributed by atoms with Crippen LogP contribution in [0.25, 0.3) is 0 Å². The van der Waals surface area contributed by atoms with Gasteiger partial charge in [0.15, 0.2) is 18.2 Å². The molecular formula is C15H15F2NO2S. The second-order valence-electron chi connectivity index (χ2n) is 4.36. The van der Waals surface area contributed by atoms with E-state index in [2.05, 4.69) is 12.2 Å². The van der Waals surface area contributed by atoms with Crippen LogP contribution in [0.3, 0.4) is 0 Å². The third-order valence-corrected chi connectivity index (χ3v) is 4.02. The molecule has 0 aliphatic rings. The minimum atomic E-state index is -1.00. The maximum absolute atomic E-state index is 13.0. The van der Waals surface area contributed by atoms with Gasteiger partial charge in [0.2, 0.25) is 0 Å².